The molecule has 0 N–H and O–H groups in total. The van der Waals surface area contributed by atoms with Crippen molar-refractivity contribution in [3.63, 3.8) is 0 Å². The molecule has 2 heterocycles. The fourth-order valence-electron chi connectivity index (χ4n) is 1.94. The third-order valence-corrected chi connectivity index (χ3v) is 3.85. The van der Waals surface area contributed by atoms with Crippen molar-refractivity contribution in [2.24, 2.45) is 0 Å². The molecule has 0 amide bonds. The van der Waals surface area contributed by atoms with Crippen molar-refractivity contribution >= 4 is 16.8 Å². The van der Waals surface area contributed by atoms with Crippen LogP contribution in [0.3, 0.4) is 0 Å². The molecule has 0 aliphatic heterocycles. The maximum atomic E-state index is 11.5. The third kappa shape index (κ3) is 2.21. The Kier molecular flexibility index (Phi) is 3.29. The van der Waals surface area contributed by atoms with E-state index in [1.54, 1.807) is 36.3 Å². The second kappa shape index (κ2) is 5.10. The first-order valence-electron chi connectivity index (χ1n) is 5.86. The zero-order valence-corrected chi connectivity index (χ0v) is 11.8. The van der Waals surface area contributed by atoms with Crippen LogP contribution in [-0.4, -0.2) is 37.5 Å². The molecule has 6 nitrogen and oxygen atoms in total. The van der Waals surface area contributed by atoms with Crippen LogP contribution in [0.2, 0.25) is 0 Å². The van der Waals surface area contributed by atoms with E-state index in [0.29, 0.717) is 16.3 Å². The van der Waals surface area contributed by atoms with E-state index >= 15 is 0 Å². The number of aromatic nitrogens is 4. The lowest BCUT2D eigenvalue weighted by Crippen LogP contribution is -1.98. The number of hydrogen-bond donors (Lipinski definition) is 0. The molecule has 3 aromatic rings. The van der Waals surface area contributed by atoms with Crippen LogP contribution >= 0.6 is 0 Å². The zero-order chi connectivity index (χ0) is 14.1. The molecule has 102 valence electrons. The average molecular weight is 288 g/mol. The molecule has 0 saturated carbocycles. The van der Waals surface area contributed by atoms with Crippen LogP contribution in [-0.2, 0) is 11.2 Å². The van der Waals surface area contributed by atoms with E-state index in [0.717, 1.165) is 11.3 Å². The number of methoxy groups -OCH3 is 1. The van der Waals surface area contributed by atoms with Gasteiger partial charge in [-0.2, -0.15) is 5.10 Å². The fourth-order valence-corrected chi connectivity index (χ4v) is 2.48. The van der Waals surface area contributed by atoms with Gasteiger partial charge in [0.15, 0.2) is 10.5 Å². The SMILES string of the molecule is COc1cc([S+](C)[O-])ccc1-c1cn2ncncc2n1. The monoisotopic (exact) mass is 288 g/mol. The van der Waals surface area contributed by atoms with Gasteiger partial charge in [-0.3, -0.25) is 0 Å². The Balaban J connectivity index is 2.13. The van der Waals surface area contributed by atoms with Gasteiger partial charge < -0.3 is 9.29 Å². The summed E-state index contributed by atoms with van der Waals surface area (Å²) in [6.45, 7) is 0. The molecule has 0 bridgehead atoms. The first kappa shape index (κ1) is 12.9. The van der Waals surface area contributed by atoms with E-state index in [1.165, 1.54) is 6.33 Å². The van der Waals surface area contributed by atoms with Crippen molar-refractivity contribution in [2.45, 2.75) is 4.90 Å². The quantitative estimate of drug-likeness (QED) is 0.683. The van der Waals surface area contributed by atoms with Crippen LogP contribution in [0.25, 0.3) is 16.9 Å². The smallest absolute Gasteiger partial charge is 0.172 e. The molecular weight excluding hydrogens is 276 g/mol. The lowest BCUT2D eigenvalue weighted by atomic mass is 10.1. The van der Waals surface area contributed by atoms with Gasteiger partial charge in [0.1, 0.15) is 18.3 Å². The molecule has 0 saturated heterocycles. The third-order valence-electron chi connectivity index (χ3n) is 2.93. The van der Waals surface area contributed by atoms with Gasteiger partial charge in [0.25, 0.3) is 0 Å². The summed E-state index contributed by atoms with van der Waals surface area (Å²) in [5, 5.41) is 4.08. The first-order chi connectivity index (χ1) is 9.69. The Hall–Kier alpha value is -2.12. The largest absolute Gasteiger partial charge is 0.612 e. The molecule has 0 spiro atoms. The lowest BCUT2D eigenvalue weighted by Gasteiger charge is -2.09. The van der Waals surface area contributed by atoms with Crippen LogP contribution in [0, 0.1) is 0 Å². The summed E-state index contributed by atoms with van der Waals surface area (Å²) in [7, 11) is 1.58. The van der Waals surface area contributed by atoms with Gasteiger partial charge in [-0.25, -0.2) is 14.5 Å². The molecule has 1 aromatic carbocycles. The minimum Gasteiger partial charge on any atom is -0.612 e. The highest BCUT2D eigenvalue weighted by Crippen LogP contribution is 2.31. The number of hydrogen-bond acceptors (Lipinski definition) is 5. The van der Waals surface area contributed by atoms with Crippen molar-refractivity contribution in [3.05, 3.63) is 36.9 Å². The van der Waals surface area contributed by atoms with Gasteiger partial charge in [0.2, 0.25) is 0 Å². The summed E-state index contributed by atoms with van der Waals surface area (Å²) in [5.41, 5.74) is 2.22. The van der Waals surface area contributed by atoms with Gasteiger partial charge in [-0.15, -0.1) is 0 Å². The Bertz CT molecular complexity index is 724. The molecule has 0 aliphatic rings. The number of nitrogens with zero attached hydrogens (tertiary/aromatic N) is 4. The van der Waals surface area contributed by atoms with E-state index in [-0.39, 0.29) is 0 Å². The van der Waals surface area contributed by atoms with Crippen LogP contribution in [0.5, 0.6) is 5.75 Å². The van der Waals surface area contributed by atoms with E-state index in [1.807, 2.05) is 12.1 Å². The van der Waals surface area contributed by atoms with Gasteiger partial charge in [0.05, 0.1) is 25.2 Å². The number of benzene rings is 1. The second-order valence-corrected chi connectivity index (χ2v) is 5.53. The fraction of sp³-hybridized carbons (Fsp3) is 0.154. The maximum absolute atomic E-state index is 11.5. The van der Waals surface area contributed by atoms with Gasteiger partial charge in [-0.05, 0) is 23.3 Å². The summed E-state index contributed by atoms with van der Waals surface area (Å²) in [6.07, 6.45) is 6.53. The second-order valence-electron chi connectivity index (χ2n) is 4.15. The Labute approximate surface area is 118 Å². The molecule has 1 unspecified atom stereocenters. The van der Waals surface area contributed by atoms with Gasteiger partial charge >= 0.3 is 0 Å². The van der Waals surface area contributed by atoms with Crippen LogP contribution in [0.4, 0.5) is 0 Å². The Morgan fingerprint density at radius 3 is 2.90 bits per heavy atom. The molecule has 1 atom stereocenters. The van der Waals surface area contributed by atoms with E-state index in [9.17, 15) is 4.55 Å². The van der Waals surface area contributed by atoms with Crippen molar-refractivity contribution in [2.75, 3.05) is 13.4 Å². The maximum Gasteiger partial charge on any atom is 0.172 e. The number of ether oxygens (including phenoxy) is 1. The molecule has 0 fully saturated rings. The standard InChI is InChI=1S/C13H12N4O2S/c1-19-12-5-9(20(2)18)3-4-10(12)11-7-17-13(16-11)6-14-8-15-17/h3-8H,1-2H3. The molecule has 3 rings (SSSR count). The highest BCUT2D eigenvalue weighted by atomic mass is 32.2. The Morgan fingerprint density at radius 2 is 2.20 bits per heavy atom. The lowest BCUT2D eigenvalue weighted by molar-refractivity contribution is 0.415. The summed E-state index contributed by atoms with van der Waals surface area (Å²) in [4.78, 5) is 9.10. The van der Waals surface area contributed by atoms with Crippen molar-refractivity contribution in [3.8, 4) is 17.0 Å². The van der Waals surface area contributed by atoms with Crippen LogP contribution < -0.4 is 4.74 Å². The van der Waals surface area contributed by atoms with Gasteiger partial charge in [0, 0.05) is 11.6 Å². The summed E-state index contributed by atoms with van der Waals surface area (Å²) in [5.74, 6) is 0.633. The highest BCUT2D eigenvalue weighted by Gasteiger charge is 2.14. The molecule has 2 aromatic heterocycles. The zero-order valence-electron chi connectivity index (χ0n) is 11.0. The minimum atomic E-state index is -1.05. The number of fused-ring (bicyclic) bond motifs is 1. The van der Waals surface area contributed by atoms with Crippen molar-refractivity contribution < 1.29 is 9.29 Å². The summed E-state index contributed by atoms with van der Waals surface area (Å²) >= 11 is -1.05. The molecule has 0 radical (unpaired) electrons. The summed E-state index contributed by atoms with van der Waals surface area (Å²) < 4.78 is 18.5. The predicted octanol–water partition coefficient (Wildman–Crippen LogP) is 1.54. The van der Waals surface area contributed by atoms with Crippen LogP contribution in [0.15, 0.2) is 41.8 Å². The van der Waals surface area contributed by atoms with Crippen LogP contribution in [0.1, 0.15) is 0 Å². The highest BCUT2D eigenvalue weighted by molar-refractivity contribution is 7.90. The number of imidazole rings is 1. The van der Waals surface area contributed by atoms with E-state index < -0.39 is 11.2 Å². The van der Waals surface area contributed by atoms with Crippen molar-refractivity contribution in [1.29, 1.82) is 0 Å². The topological polar surface area (TPSA) is 75.4 Å². The minimum absolute atomic E-state index is 0.633. The molecule has 7 heteroatoms. The predicted molar refractivity (Wildman–Crippen MR) is 75.1 cm³/mol. The first-order valence-corrected chi connectivity index (χ1v) is 7.42. The molecule has 0 aliphatic carbocycles. The molecule has 20 heavy (non-hydrogen) atoms. The normalized spacial score (nSPS) is 12.6. The van der Waals surface area contributed by atoms with E-state index in [4.69, 9.17) is 4.74 Å². The van der Waals surface area contributed by atoms with Gasteiger partial charge in [-0.1, -0.05) is 0 Å². The number of rotatable bonds is 3. The average Bonchev–Trinajstić information content (AvgIpc) is 2.90. The summed E-state index contributed by atoms with van der Waals surface area (Å²) in [6, 6.07) is 5.43. The molecular formula is C13H12N4O2S. The van der Waals surface area contributed by atoms with E-state index in [2.05, 4.69) is 15.1 Å². The Morgan fingerprint density at radius 1 is 1.35 bits per heavy atom. The van der Waals surface area contributed by atoms with Crippen molar-refractivity contribution in [1.82, 2.24) is 19.6 Å².